The van der Waals surface area contributed by atoms with Crippen LogP contribution in [-0.4, -0.2) is 11.2 Å². The van der Waals surface area contributed by atoms with Gasteiger partial charge >= 0.3 is 0 Å². The van der Waals surface area contributed by atoms with Crippen LogP contribution in [0.15, 0.2) is 18.2 Å². The van der Waals surface area contributed by atoms with Gasteiger partial charge in [-0.15, -0.1) is 0 Å². The minimum absolute atomic E-state index is 0.435. The molecule has 0 saturated carbocycles. The Kier molecular flexibility index (Phi) is 4.15. The predicted molar refractivity (Wildman–Crippen MR) is 80.7 cm³/mol. The average molecular weight is 260 g/mol. The van der Waals surface area contributed by atoms with Gasteiger partial charge in [-0.2, -0.15) is 0 Å². The zero-order valence-corrected chi connectivity index (χ0v) is 12.4. The van der Waals surface area contributed by atoms with E-state index in [0.717, 1.165) is 18.8 Å². The maximum Gasteiger partial charge on any atom is 0.120 e. The first-order chi connectivity index (χ1) is 9.10. The number of ether oxygens (including phenoxy) is 1. The summed E-state index contributed by atoms with van der Waals surface area (Å²) in [6.45, 7) is 9.99. The molecule has 1 heterocycles. The van der Waals surface area contributed by atoms with Crippen LogP contribution in [0.25, 0.3) is 10.9 Å². The summed E-state index contributed by atoms with van der Waals surface area (Å²) in [4.78, 5) is 0. The Bertz CT molecular complexity index is 570. The first kappa shape index (κ1) is 13.9. The van der Waals surface area contributed by atoms with Gasteiger partial charge in [0.25, 0.3) is 0 Å². The fourth-order valence-corrected chi connectivity index (χ4v) is 2.72. The second kappa shape index (κ2) is 5.66. The van der Waals surface area contributed by atoms with Crippen molar-refractivity contribution in [1.82, 2.24) is 4.57 Å². The molecular weight excluding hydrogens is 236 g/mol. The molecule has 2 aromatic rings. The molecule has 2 N–H and O–H groups in total. The zero-order valence-electron chi connectivity index (χ0n) is 12.4. The molecule has 1 aromatic heterocycles. The summed E-state index contributed by atoms with van der Waals surface area (Å²) in [6.07, 6.45) is 1.02. The summed E-state index contributed by atoms with van der Waals surface area (Å²) >= 11 is 0. The number of nitrogens with zero attached hydrogens (tertiary/aromatic N) is 1. The summed E-state index contributed by atoms with van der Waals surface area (Å²) in [7, 11) is 0. The predicted octanol–water partition coefficient (Wildman–Crippen LogP) is 3.78. The van der Waals surface area contributed by atoms with E-state index < -0.39 is 0 Å². The van der Waals surface area contributed by atoms with Crippen molar-refractivity contribution in [3.05, 3.63) is 29.5 Å². The molecule has 0 radical (unpaired) electrons. The average Bonchev–Trinajstić information content (AvgIpc) is 2.67. The molecule has 0 atom stereocenters. The van der Waals surface area contributed by atoms with E-state index in [4.69, 9.17) is 10.5 Å². The Balaban J connectivity index is 2.58. The van der Waals surface area contributed by atoms with Gasteiger partial charge in [-0.05, 0) is 51.0 Å². The van der Waals surface area contributed by atoms with Crippen molar-refractivity contribution in [2.75, 3.05) is 6.61 Å². The van der Waals surface area contributed by atoms with Crippen LogP contribution in [0.5, 0.6) is 5.75 Å². The molecule has 0 fully saturated rings. The molecule has 0 spiro atoms. The monoisotopic (exact) mass is 260 g/mol. The second-order valence-electron chi connectivity index (χ2n) is 5.26. The van der Waals surface area contributed by atoms with Crippen molar-refractivity contribution in [3.8, 4) is 5.75 Å². The summed E-state index contributed by atoms with van der Waals surface area (Å²) in [5.41, 5.74) is 9.66. The van der Waals surface area contributed by atoms with Gasteiger partial charge in [-0.25, -0.2) is 0 Å². The van der Waals surface area contributed by atoms with Gasteiger partial charge in [0.15, 0.2) is 0 Å². The van der Waals surface area contributed by atoms with Crippen molar-refractivity contribution in [1.29, 1.82) is 0 Å². The Morgan fingerprint density at radius 1 is 1.32 bits per heavy atom. The van der Waals surface area contributed by atoms with Gasteiger partial charge in [-0.1, -0.05) is 6.92 Å². The highest BCUT2D eigenvalue weighted by atomic mass is 16.5. The normalized spacial score (nSPS) is 11.5. The number of nitrogens with two attached hydrogens (primary N) is 1. The summed E-state index contributed by atoms with van der Waals surface area (Å²) in [5, 5.41) is 1.22. The van der Waals surface area contributed by atoms with E-state index in [1.165, 1.54) is 22.2 Å². The van der Waals surface area contributed by atoms with Crippen LogP contribution in [0.1, 0.15) is 44.5 Å². The second-order valence-corrected chi connectivity index (χ2v) is 5.26. The number of hydrogen-bond acceptors (Lipinski definition) is 2. The van der Waals surface area contributed by atoms with E-state index in [1.807, 2.05) is 0 Å². The van der Waals surface area contributed by atoms with Crippen LogP contribution in [-0.2, 0) is 6.54 Å². The molecule has 3 heteroatoms. The Morgan fingerprint density at radius 2 is 2.05 bits per heavy atom. The summed E-state index contributed by atoms with van der Waals surface area (Å²) in [5.74, 6) is 0.935. The maximum absolute atomic E-state index is 5.93. The van der Waals surface area contributed by atoms with Gasteiger partial charge in [0.1, 0.15) is 5.75 Å². The largest absolute Gasteiger partial charge is 0.494 e. The van der Waals surface area contributed by atoms with Crippen LogP contribution in [0.3, 0.4) is 0 Å². The lowest BCUT2D eigenvalue weighted by molar-refractivity contribution is 0.318. The summed E-state index contributed by atoms with van der Waals surface area (Å²) in [6, 6.07) is 6.76. The molecule has 19 heavy (non-hydrogen) atoms. The Morgan fingerprint density at radius 3 is 2.63 bits per heavy atom. The van der Waals surface area contributed by atoms with Gasteiger partial charge < -0.3 is 15.0 Å². The van der Waals surface area contributed by atoms with Crippen LogP contribution >= 0.6 is 0 Å². The molecule has 104 valence electrons. The first-order valence-corrected chi connectivity index (χ1v) is 7.06. The fraction of sp³-hybridized carbons (Fsp3) is 0.500. The highest BCUT2D eigenvalue weighted by Crippen LogP contribution is 2.31. The number of fused-ring (bicyclic) bond motifs is 1. The highest BCUT2D eigenvalue weighted by molar-refractivity contribution is 5.87. The molecule has 0 aliphatic rings. The molecule has 0 amide bonds. The lowest BCUT2D eigenvalue weighted by Gasteiger charge is -2.13. The van der Waals surface area contributed by atoms with Crippen molar-refractivity contribution in [2.24, 2.45) is 5.73 Å². The molecule has 2 rings (SSSR count). The SMILES string of the molecule is CCCOc1ccc2c(c1)c(CN)c(C)n2C(C)C. The van der Waals surface area contributed by atoms with Gasteiger partial charge in [0.05, 0.1) is 6.61 Å². The molecule has 0 bridgehead atoms. The van der Waals surface area contributed by atoms with Gasteiger partial charge in [-0.3, -0.25) is 0 Å². The van der Waals surface area contributed by atoms with E-state index >= 15 is 0 Å². The van der Waals surface area contributed by atoms with E-state index in [9.17, 15) is 0 Å². The number of benzene rings is 1. The minimum atomic E-state index is 0.435. The highest BCUT2D eigenvalue weighted by Gasteiger charge is 2.15. The zero-order chi connectivity index (χ0) is 14.0. The molecular formula is C16H24N2O. The van der Waals surface area contributed by atoms with E-state index in [0.29, 0.717) is 12.6 Å². The smallest absolute Gasteiger partial charge is 0.120 e. The molecule has 0 saturated heterocycles. The van der Waals surface area contributed by atoms with E-state index in [-0.39, 0.29) is 0 Å². The molecule has 1 aromatic carbocycles. The minimum Gasteiger partial charge on any atom is -0.494 e. The van der Waals surface area contributed by atoms with E-state index in [1.54, 1.807) is 0 Å². The summed E-state index contributed by atoms with van der Waals surface area (Å²) < 4.78 is 8.07. The fourth-order valence-electron chi connectivity index (χ4n) is 2.72. The standard InChI is InChI=1S/C16H24N2O/c1-5-8-19-13-6-7-16-14(9-13)15(10-17)12(4)18(16)11(2)3/h6-7,9,11H,5,8,10,17H2,1-4H3. The number of hydrogen-bond donors (Lipinski definition) is 1. The van der Waals surface area contributed by atoms with Crippen molar-refractivity contribution in [2.45, 2.75) is 46.7 Å². The molecule has 3 nitrogen and oxygen atoms in total. The third kappa shape index (κ3) is 2.47. The number of aromatic nitrogens is 1. The maximum atomic E-state index is 5.93. The molecule has 0 aliphatic carbocycles. The van der Waals surface area contributed by atoms with Gasteiger partial charge in [0, 0.05) is 29.2 Å². The number of rotatable bonds is 5. The lowest BCUT2D eigenvalue weighted by Crippen LogP contribution is -2.04. The Hall–Kier alpha value is -1.48. The Labute approximate surface area is 115 Å². The molecule has 0 aliphatic heterocycles. The lowest BCUT2D eigenvalue weighted by atomic mass is 10.1. The topological polar surface area (TPSA) is 40.2 Å². The van der Waals surface area contributed by atoms with Gasteiger partial charge in [0.2, 0.25) is 0 Å². The first-order valence-electron chi connectivity index (χ1n) is 7.06. The van der Waals surface area contributed by atoms with E-state index in [2.05, 4.69) is 50.5 Å². The van der Waals surface area contributed by atoms with Crippen LogP contribution in [0.2, 0.25) is 0 Å². The molecule has 0 unspecified atom stereocenters. The van der Waals surface area contributed by atoms with Crippen molar-refractivity contribution >= 4 is 10.9 Å². The van der Waals surface area contributed by atoms with Crippen LogP contribution < -0.4 is 10.5 Å². The third-order valence-corrected chi connectivity index (χ3v) is 3.54. The van der Waals surface area contributed by atoms with Crippen molar-refractivity contribution in [3.63, 3.8) is 0 Å². The third-order valence-electron chi connectivity index (χ3n) is 3.54. The quantitative estimate of drug-likeness (QED) is 0.888. The van der Waals surface area contributed by atoms with Crippen LogP contribution in [0, 0.1) is 6.92 Å². The van der Waals surface area contributed by atoms with Crippen LogP contribution in [0.4, 0.5) is 0 Å². The van der Waals surface area contributed by atoms with Crippen molar-refractivity contribution < 1.29 is 4.74 Å².